The first-order valence-electron chi connectivity index (χ1n) is 8.54. The molecule has 1 unspecified atom stereocenters. The molecule has 4 rings (SSSR count). The van der Waals surface area contributed by atoms with Crippen LogP contribution in [0.15, 0.2) is 42.5 Å². The average molecular weight is 359 g/mol. The predicted octanol–water partition coefficient (Wildman–Crippen LogP) is 3.70. The molecule has 5 heteroatoms. The first kappa shape index (κ1) is 17.8. The van der Waals surface area contributed by atoms with Gasteiger partial charge < -0.3 is 15.0 Å². The Morgan fingerprint density at radius 2 is 2.00 bits per heavy atom. The van der Waals surface area contributed by atoms with Gasteiger partial charge in [0.1, 0.15) is 5.75 Å². The van der Waals surface area contributed by atoms with E-state index in [9.17, 15) is 4.79 Å². The highest BCUT2D eigenvalue weighted by Gasteiger charge is 2.31. The first-order valence-corrected chi connectivity index (χ1v) is 8.54. The summed E-state index contributed by atoms with van der Waals surface area (Å²) in [5.41, 5.74) is 4.51. The molecular weight excluding hydrogens is 336 g/mol. The Labute approximate surface area is 154 Å². The average Bonchev–Trinajstić information content (AvgIpc) is 3.29. The molecule has 0 spiro atoms. The van der Waals surface area contributed by atoms with E-state index in [2.05, 4.69) is 23.5 Å². The van der Waals surface area contributed by atoms with Crippen molar-refractivity contribution < 1.29 is 9.53 Å². The van der Waals surface area contributed by atoms with Gasteiger partial charge in [-0.2, -0.15) is 0 Å². The molecule has 1 fully saturated rings. The number of ether oxygens (including phenoxy) is 1. The Morgan fingerprint density at radius 1 is 1.16 bits per heavy atom. The highest BCUT2D eigenvalue weighted by Crippen LogP contribution is 2.34. The van der Waals surface area contributed by atoms with Gasteiger partial charge >= 0.3 is 0 Å². The van der Waals surface area contributed by atoms with E-state index in [0.717, 1.165) is 49.4 Å². The van der Waals surface area contributed by atoms with Crippen LogP contribution in [-0.2, 0) is 13.1 Å². The molecule has 0 aromatic heterocycles. The van der Waals surface area contributed by atoms with E-state index in [1.807, 2.05) is 29.2 Å². The highest BCUT2D eigenvalue weighted by molar-refractivity contribution is 5.95. The summed E-state index contributed by atoms with van der Waals surface area (Å²) in [6.07, 6.45) is 2.05. The van der Waals surface area contributed by atoms with Gasteiger partial charge in [0.2, 0.25) is 0 Å². The highest BCUT2D eigenvalue weighted by atomic mass is 35.5. The van der Waals surface area contributed by atoms with E-state index in [0.29, 0.717) is 0 Å². The van der Waals surface area contributed by atoms with Crippen molar-refractivity contribution in [2.45, 2.75) is 32.0 Å². The van der Waals surface area contributed by atoms with Gasteiger partial charge in [-0.15, -0.1) is 12.4 Å². The zero-order valence-electron chi connectivity index (χ0n) is 14.3. The smallest absolute Gasteiger partial charge is 0.254 e. The lowest BCUT2D eigenvalue weighted by atomic mass is 10.0. The molecule has 2 heterocycles. The minimum atomic E-state index is 0. The van der Waals surface area contributed by atoms with E-state index in [1.54, 1.807) is 7.11 Å². The summed E-state index contributed by atoms with van der Waals surface area (Å²) < 4.78 is 5.33. The van der Waals surface area contributed by atoms with Crippen molar-refractivity contribution in [2.24, 2.45) is 0 Å². The maximum atomic E-state index is 13.1. The Hall–Kier alpha value is -2.04. The third-order valence-electron chi connectivity index (χ3n) is 5.08. The molecule has 4 nitrogen and oxygen atoms in total. The Kier molecular flexibility index (Phi) is 5.30. The number of carbonyl (C=O) groups excluding carboxylic acids is 1. The fourth-order valence-corrected chi connectivity index (χ4v) is 3.80. The van der Waals surface area contributed by atoms with Crippen LogP contribution in [0.2, 0.25) is 0 Å². The van der Waals surface area contributed by atoms with E-state index in [-0.39, 0.29) is 24.4 Å². The molecule has 132 valence electrons. The van der Waals surface area contributed by atoms with Crippen LogP contribution in [0.4, 0.5) is 0 Å². The lowest BCUT2D eigenvalue weighted by molar-refractivity contribution is 0.0735. The van der Waals surface area contributed by atoms with E-state index < -0.39 is 0 Å². The number of likely N-dealkylation sites (tertiary alicyclic amines) is 1. The standard InChI is InChI=1S/C20H22N2O2.ClH/c1-24-18-5-2-4-14(11-18)19-6-3-9-22(19)20(23)15-7-8-16-12-21-13-17(16)10-15;/h2,4-5,7-8,10-11,19,21H,3,6,9,12-13H2,1H3;1H. The van der Waals surface area contributed by atoms with E-state index >= 15 is 0 Å². The normalized spacial score (nSPS) is 18.6. The van der Waals surface area contributed by atoms with Crippen LogP contribution < -0.4 is 10.1 Å². The zero-order chi connectivity index (χ0) is 16.5. The summed E-state index contributed by atoms with van der Waals surface area (Å²) in [4.78, 5) is 15.1. The van der Waals surface area contributed by atoms with E-state index in [1.165, 1.54) is 11.1 Å². The molecule has 1 N–H and O–H groups in total. The quantitative estimate of drug-likeness (QED) is 0.909. The molecule has 25 heavy (non-hydrogen) atoms. The minimum absolute atomic E-state index is 0. The first-order chi connectivity index (χ1) is 11.8. The van der Waals surface area contributed by atoms with Gasteiger partial charge in [0.05, 0.1) is 13.2 Å². The molecule has 2 aromatic carbocycles. The second kappa shape index (κ2) is 7.46. The monoisotopic (exact) mass is 358 g/mol. The number of hydrogen-bond acceptors (Lipinski definition) is 3. The van der Waals surface area contributed by atoms with Crippen molar-refractivity contribution in [1.82, 2.24) is 10.2 Å². The van der Waals surface area contributed by atoms with Gasteiger partial charge in [0.25, 0.3) is 5.91 Å². The van der Waals surface area contributed by atoms with Crippen LogP contribution in [-0.4, -0.2) is 24.5 Å². The zero-order valence-corrected chi connectivity index (χ0v) is 15.1. The third kappa shape index (κ3) is 3.37. The number of methoxy groups -OCH3 is 1. The predicted molar refractivity (Wildman–Crippen MR) is 100 cm³/mol. The summed E-state index contributed by atoms with van der Waals surface area (Å²) in [7, 11) is 1.68. The summed E-state index contributed by atoms with van der Waals surface area (Å²) in [5.74, 6) is 0.977. The summed E-state index contributed by atoms with van der Waals surface area (Å²) in [6.45, 7) is 2.58. The van der Waals surface area contributed by atoms with Gasteiger partial charge in [-0.3, -0.25) is 4.79 Å². The van der Waals surface area contributed by atoms with Crippen LogP contribution in [0.25, 0.3) is 0 Å². The largest absolute Gasteiger partial charge is 0.497 e. The molecule has 1 amide bonds. The van der Waals surface area contributed by atoms with E-state index in [4.69, 9.17) is 4.74 Å². The number of carbonyl (C=O) groups is 1. The molecule has 0 saturated carbocycles. The number of rotatable bonds is 3. The number of nitrogens with zero attached hydrogens (tertiary/aromatic N) is 1. The molecule has 2 aliphatic heterocycles. The lowest BCUT2D eigenvalue weighted by Crippen LogP contribution is -2.30. The van der Waals surface area contributed by atoms with Crippen LogP contribution >= 0.6 is 12.4 Å². The topological polar surface area (TPSA) is 41.6 Å². The maximum absolute atomic E-state index is 13.1. The van der Waals surface area contributed by atoms with Crippen LogP contribution in [0.1, 0.15) is 45.9 Å². The molecule has 0 bridgehead atoms. The fourth-order valence-electron chi connectivity index (χ4n) is 3.80. The van der Waals surface area contributed by atoms with Crippen LogP contribution in [0.3, 0.4) is 0 Å². The van der Waals surface area contributed by atoms with Crippen molar-refractivity contribution in [1.29, 1.82) is 0 Å². The van der Waals surface area contributed by atoms with Crippen molar-refractivity contribution in [2.75, 3.05) is 13.7 Å². The summed E-state index contributed by atoms with van der Waals surface area (Å²) in [6, 6.07) is 14.3. The van der Waals surface area contributed by atoms with Gasteiger partial charge in [-0.25, -0.2) is 0 Å². The molecule has 1 saturated heterocycles. The molecule has 0 aliphatic carbocycles. The second-order valence-corrected chi connectivity index (χ2v) is 6.52. The molecule has 1 atom stereocenters. The van der Waals surface area contributed by atoms with Crippen molar-refractivity contribution in [3.05, 3.63) is 64.7 Å². The van der Waals surface area contributed by atoms with Gasteiger partial charge in [0.15, 0.2) is 0 Å². The molecular formula is C20H23ClN2O2. The van der Waals surface area contributed by atoms with Crippen molar-refractivity contribution in [3.8, 4) is 5.75 Å². The van der Waals surface area contributed by atoms with Gasteiger partial charge in [0, 0.05) is 25.2 Å². The number of fused-ring (bicyclic) bond motifs is 1. The van der Waals surface area contributed by atoms with Crippen molar-refractivity contribution >= 4 is 18.3 Å². The number of halogens is 1. The summed E-state index contributed by atoms with van der Waals surface area (Å²) in [5, 5.41) is 3.33. The molecule has 2 aliphatic rings. The summed E-state index contributed by atoms with van der Waals surface area (Å²) >= 11 is 0. The molecule has 0 radical (unpaired) electrons. The number of nitrogens with one attached hydrogen (secondary N) is 1. The van der Waals surface area contributed by atoms with Crippen LogP contribution in [0.5, 0.6) is 5.75 Å². The number of hydrogen-bond donors (Lipinski definition) is 1. The van der Waals surface area contributed by atoms with Crippen molar-refractivity contribution in [3.63, 3.8) is 0 Å². The van der Waals surface area contributed by atoms with Gasteiger partial charge in [-0.1, -0.05) is 18.2 Å². The Morgan fingerprint density at radius 3 is 2.84 bits per heavy atom. The fraction of sp³-hybridized carbons (Fsp3) is 0.350. The van der Waals surface area contributed by atoms with Crippen LogP contribution in [0, 0.1) is 0 Å². The Balaban J connectivity index is 0.00000182. The van der Waals surface area contributed by atoms with Gasteiger partial charge in [-0.05, 0) is 53.8 Å². The molecule has 2 aromatic rings. The second-order valence-electron chi connectivity index (χ2n) is 6.52. The lowest BCUT2D eigenvalue weighted by Gasteiger charge is -2.25. The SMILES string of the molecule is COc1cccc(C2CCCN2C(=O)c2ccc3c(c2)CNC3)c1.Cl. The number of benzene rings is 2. The number of amides is 1. The minimum Gasteiger partial charge on any atom is -0.497 e. The maximum Gasteiger partial charge on any atom is 0.254 e. The third-order valence-corrected chi connectivity index (χ3v) is 5.08. The Bertz CT molecular complexity index is 778.